The third-order valence-electron chi connectivity index (χ3n) is 6.54. The monoisotopic (exact) mass is 537 g/mol. The van der Waals surface area contributed by atoms with Crippen molar-refractivity contribution in [3.05, 3.63) is 70.8 Å². The number of carbonyl (C=O) groups excluding carboxylic acids is 3. The van der Waals surface area contributed by atoms with E-state index in [1.807, 2.05) is 76.2 Å². The number of alkyl carbamates (subject to hydrolysis) is 1. The summed E-state index contributed by atoms with van der Waals surface area (Å²) in [7, 11) is 0. The Hall–Kier alpha value is -3.35. The van der Waals surface area contributed by atoms with Gasteiger partial charge >= 0.3 is 6.09 Å². The summed E-state index contributed by atoms with van der Waals surface area (Å²) in [6, 6.07) is 13.6. The van der Waals surface area contributed by atoms with Crippen molar-refractivity contribution < 1.29 is 19.1 Å². The minimum absolute atomic E-state index is 0.0323. The molecule has 3 unspecified atom stereocenters. The lowest BCUT2D eigenvalue weighted by molar-refractivity contribution is -0.142. The van der Waals surface area contributed by atoms with Crippen molar-refractivity contribution in [2.45, 2.75) is 105 Å². The molecule has 2 rings (SSSR count). The lowest BCUT2D eigenvalue weighted by atomic mass is 9.97. The van der Waals surface area contributed by atoms with E-state index in [0.29, 0.717) is 13.0 Å². The second kappa shape index (κ2) is 14.7. The third-order valence-corrected chi connectivity index (χ3v) is 6.54. The summed E-state index contributed by atoms with van der Waals surface area (Å²) in [5, 5.41) is 5.93. The summed E-state index contributed by atoms with van der Waals surface area (Å²) in [6.45, 7) is 15.7. The average molecular weight is 538 g/mol. The van der Waals surface area contributed by atoms with Crippen molar-refractivity contribution in [2.75, 3.05) is 6.54 Å². The van der Waals surface area contributed by atoms with Gasteiger partial charge in [0, 0.05) is 19.0 Å². The number of nitrogens with one attached hydrogen (secondary N) is 2. The standard InChI is InChI=1S/C32H47N3O4/c1-9-14-24(5)33-29(36)28(26-18-17-22(3)23(4)20-26)35(19-10-2)30(37)27(21-25-15-12-11-13-16-25)34-31(38)39-32(6,7)8/h11-13,15-18,20,24,27-28H,9-10,14,19,21H2,1-8H3,(H,33,36)(H,34,38). The molecule has 3 amide bonds. The zero-order valence-corrected chi connectivity index (χ0v) is 25.0. The van der Waals surface area contributed by atoms with Gasteiger partial charge in [-0.2, -0.15) is 0 Å². The largest absolute Gasteiger partial charge is 0.444 e. The van der Waals surface area contributed by atoms with Crippen LogP contribution in [0, 0.1) is 13.8 Å². The Kier molecular flexibility index (Phi) is 12.0. The molecule has 0 aliphatic heterocycles. The van der Waals surface area contributed by atoms with Gasteiger partial charge in [-0.1, -0.05) is 68.8 Å². The molecule has 214 valence electrons. The van der Waals surface area contributed by atoms with Crippen LogP contribution in [0.25, 0.3) is 0 Å². The molecule has 0 bridgehead atoms. The number of amides is 3. The van der Waals surface area contributed by atoms with Crippen molar-refractivity contribution >= 4 is 17.9 Å². The first-order valence-electron chi connectivity index (χ1n) is 14.1. The molecule has 0 aliphatic rings. The molecule has 2 aromatic rings. The van der Waals surface area contributed by atoms with Crippen molar-refractivity contribution in [2.24, 2.45) is 0 Å². The summed E-state index contributed by atoms with van der Waals surface area (Å²) >= 11 is 0. The van der Waals surface area contributed by atoms with E-state index in [1.165, 1.54) is 0 Å². The molecule has 3 atom stereocenters. The topological polar surface area (TPSA) is 87.7 Å². The van der Waals surface area contributed by atoms with Gasteiger partial charge in [-0.3, -0.25) is 9.59 Å². The van der Waals surface area contributed by atoms with Crippen LogP contribution in [0.1, 0.15) is 89.1 Å². The van der Waals surface area contributed by atoms with Crippen LogP contribution in [0.3, 0.4) is 0 Å². The Labute approximate surface area is 234 Å². The normalized spacial score (nSPS) is 13.6. The van der Waals surface area contributed by atoms with Gasteiger partial charge in [0.1, 0.15) is 17.7 Å². The van der Waals surface area contributed by atoms with E-state index >= 15 is 0 Å². The molecule has 0 heterocycles. The Morgan fingerprint density at radius 2 is 1.59 bits per heavy atom. The van der Waals surface area contributed by atoms with E-state index in [1.54, 1.807) is 25.7 Å². The van der Waals surface area contributed by atoms with Gasteiger partial charge in [0.25, 0.3) is 0 Å². The molecule has 0 aliphatic carbocycles. The number of ether oxygens (including phenoxy) is 1. The predicted molar refractivity (Wildman–Crippen MR) is 156 cm³/mol. The van der Waals surface area contributed by atoms with Gasteiger partial charge in [0.15, 0.2) is 0 Å². The van der Waals surface area contributed by atoms with E-state index in [-0.39, 0.29) is 24.3 Å². The fourth-order valence-corrected chi connectivity index (χ4v) is 4.54. The quantitative estimate of drug-likeness (QED) is 0.346. The van der Waals surface area contributed by atoms with Crippen molar-refractivity contribution in [3.8, 4) is 0 Å². The van der Waals surface area contributed by atoms with Crippen LogP contribution >= 0.6 is 0 Å². The minimum Gasteiger partial charge on any atom is -0.444 e. The highest BCUT2D eigenvalue weighted by Crippen LogP contribution is 2.26. The van der Waals surface area contributed by atoms with Crippen LogP contribution in [0.15, 0.2) is 48.5 Å². The first-order chi connectivity index (χ1) is 18.4. The summed E-state index contributed by atoms with van der Waals surface area (Å²) in [6.07, 6.45) is 2.02. The van der Waals surface area contributed by atoms with Gasteiger partial charge in [0.2, 0.25) is 11.8 Å². The van der Waals surface area contributed by atoms with Crippen molar-refractivity contribution in [3.63, 3.8) is 0 Å². The second-order valence-electron chi connectivity index (χ2n) is 11.4. The van der Waals surface area contributed by atoms with Gasteiger partial charge in [-0.05, 0) is 76.6 Å². The maximum absolute atomic E-state index is 14.3. The van der Waals surface area contributed by atoms with Crippen molar-refractivity contribution in [1.82, 2.24) is 15.5 Å². The maximum atomic E-state index is 14.3. The summed E-state index contributed by atoms with van der Waals surface area (Å²) in [4.78, 5) is 42.6. The zero-order chi connectivity index (χ0) is 29.2. The molecular weight excluding hydrogens is 490 g/mol. The highest BCUT2D eigenvalue weighted by Gasteiger charge is 2.36. The number of nitrogens with zero attached hydrogens (tertiary/aromatic N) is 1. The molecule has 7 heteroatoms. The molecule has 0 saturated heterocycles. The minimum atomic E-state index is -0.913. The van der Waals surface area contributed by atoms with Crippen molar-refractivity contribution in [1.29, 1.82) is 0 Å². The number of carbonyl (C=O) groups is 3. The maximum Gasteiger partial charge on any atom is 0.408 e. The summed E-state index contributed by atoms with van der Waals surface area (Å²) in [5.41, 5.74) is 3.08. The molecule has 2 aromatic carbocycles. The van der Waals surface area contributed by atoms with Crippen LogP contribution in [0.5, 0.6) is 0 Å². The molecule has 0 saturated carbocycles. The van der Waals surface area contributed by atoms with E-state index in [9.17, 15) is 14.4 Å². The van der Waals surface area contributed by atoms with Crippen LogP contribution in [0.2, 0.25) is 0 Å². The van der Waals surface area contributed by atoms with Crippen LogP contribution in [0.4, 0.5) is 4.79 Å². The van der Waals surface area contributed by atoms with Gasteiger partial charge in [-0.15, -0.1) is 0 Å². The molecule has 39 heavy (non-hydrogen) atoms. The number of benzene rings is 2. The molecule has 0 spiro atoms. The fraction of sp³-hybridized carbons (Fsp3) is 0.531. The number of rotatable bonds is 12. The lowest BCUT2D eigenvalue weighted by Crippen LogP contribution is -2.54. The summed E-state index contributed by atoms with van der Waals surface area (Å²) in [5.74, 6) is -0.551. The van der Waals surface area contributed by atoms with E-state index in [4.69, 9.17) is 4.74 Å². The Morgan fingerprint density at radius 1 is 0.923 bits per heavy atom. The number of hydrogen-bond acceptors (Lipinski definition) is 4. The first-order valence-corrected chi connectivity index (χ1v) is 14.1. The molecular formula is C32H47N3O4. The van der Waals surface area contributed by atoms with Gasteiger partial charge < -0.3 is 20.3 Å². The zero-order valence-electron chi connectivity index (χ0n) is 25.0. The van der Waals surface area contributed by atoms with Gasteiger partial charge in [-0.25, -0.2) is 4.79 Å². The second-order valence-corrected chi connectivity index (χ2v) is 11.4. The molecule has 0 radical (unpaired) electrons. The van der Waals surface area contributed by atoms with Crippen LogP contribution in [-0.4, -0.2) is 47.0 Å². The average Bonchev–Trinajstić information content (AvgIpc) is 2.84. The van der Waals surface area contributed by atoms with E-state index in [0.717, 1.165) is 35.1 Å². The molecule has 2 N–H and O–H groups in total. The Bertz CT molecular complexity index is 1090. The Morgan fingerprint density at radius 3 is 2.15 bits per heavy atom. The van der Waals surface area contributed by atoms with E-state index < -0.39 is 23.8 Å². The molecule has 0 fully saturated rings. The Balaban J connectivity index is 2.54. The predicted octanol–water partition coefficient (Wildman–Crippen LogP) is 6.02. The molecule has 7 nitrogen and oxygen atoms in total. The number of hydrogen-bond donors (Lipinski definition) is 2. The highest BCUT2D eigenvalue weighted by atomic mass is 16.6. The van der Waals surface area contributed by atoms with E-state index in [2.05, 4.69) is 17.6 Å². The third kappa shape index (κ3) is 10.0. The SMILES string of the molecule is CCCC(C)NC(=O)C(c1ccc(C)c(C)c1)N(CCC)C(=O)C(Cc1ccccc1)NC(=O)OC(C)(C)C. The fourth-order valence-electron chi connectivity index (χ4n) is 4.54. The lowest BCUT2D eigenvalue weighted by Gasteiger charge is -2.35. The summed E-state index contributed by atoms with van der Waals surface area (Å²) < 4.78 is 5.50. The number of aryl methyl sites for hydroxylation is 2. The van der Waals surface area contributed by atoms with Crippen LogP contribution in [-0.2, 0) is 20.7 Å². The van der Waals surface area contributed by atoms with Crippen LogP contribution < -0.4 is 10.6 Å². The first kappa shape index (κ1) is 31.9. The van der Waals surface area contributed by atoms with Gasteiger partial charge in [0.05, 0.1) is 0 Å². The molecule has 0 aromatic heterocycles. The highest BCUT2D eigenvalue weighted by molar-refractivity contribution is 5.92. The smallest absolute Gasteiger partial charge is 0.408 e.